The van der Waals surface area contributed by atoms with Gasteiger partial charge < -0.3 is 4.74 Å². The van der Waals surface area contributed by atoms with Crippen LogP contribution in [0.25, 0.3) is 0 Å². The van der Waals surface area contributed by atoms with E-state index >= 15 is 0 Å². The highest BCUT2D eigenvalue weighted by Crippen LogP contribution is 2.24. The molecule has 0 amide bonds. The predicted octanol–water partition coefficient (Wildman–Crippen LogP) is 4.29. The Morgan fingerprint density at radius 1 is 1.05 bits per heavy atom. The van der Waals surface area contributed by atoms with Crippen molar-refractivity contribution < 1.29 is 13.5 Å². The summed E-state index contributed by atoms with van der Waals surface area (Å²) >= 11 is 1.68. The molecule has 1 aliphatic heterocycles. The minimum atomic E-state index is -0.643. The normalized spacial score (nSPS) is 17.7. The Bertz CT molecular complexity index is 655. The summed E-state index contributed by atoms with van der Waals surface area (Å²) in [6.45, 7) is 0.423. The second-order valence-electron chi connectivity index (χ2n) is 4.95. The van der Waals surface area contributed by atoms with E-state index in [-0.39, 0.29) is 17.5 Å². The number of benzene rings is 2. The Labute approximate surface area is 132 Å². The third-order valence-corrected chi connectivity index (χ3v) is 4.51. The van der Waals surface area contributed by atoms with Crippen LogP contribution < -0.4 is 0 Å². The maximum absolute atomic E-state index is 13.8. The van der Waals surface area contributed by atoms with E-state index in [9.17, 15) is 8.78 Å². The summed E-state index contributed by atoms with van der Waals surface area (Å²) in [6, 6.07) is 13.8. The fourth-order valence-corrected chi connectivity index (χ4v) is 3.20. The Kier molecular flexibility index (Phi) is 4.73. The third kappa shape index (κ3) is 3.47. The SMILES string of the molecule is Fc1cccc(F)c1C1=NC(CSc2ccccc2)CCO1. The van der Waals surface area contributed by atoms with Crippen molar-refractivity contribution in [3.8, 4) is 0 Å². The highest BCUT2D eigenvalue weighted by atomic mass is 32.2. The zero-order chi connectivity index (χ0) is 15.4. The average Bonchev–Trinajstić information content (AvgIpc) is 2.54. The standard InChI is InChI=1S/C17H15F2NOS/c18-14-7-4-8-15(19)16(14)17-20-12(9-10-21-17)11-22-13-5-2-1-3-6-13/h1-8,12H,9-11H2. The van der Waals surface area contributed by atoms with E-state index in [1.807, 2.05) is 30.3 Å². The molecule has 22 heavy (non-hydrogen) atoms. The summed E-state index contributed by atoms with van der Waals surface area (Å²) in [4.78, 5) is 5.54. The van der Waals surface area contributed by atoms with Crippen molar-refractivity contribution in [3.05, 3.63) is 65.7 Å². The molecule has 114 valence electrons. The van der Waals surface area contributed by atoms with E-state index in [1.54, 1.807) is 11.8 Å². The van der Waals surface area contributed by atoms with Crippen LogP contribution in [-0.2, 0) is 4.74 Å². The first-order chi connectivity index (χ1) is 10.7. The lowest BCUT2D eigenvalue weighted by molar-refractivity contribution is 0.264. The van der Waals surface area contributed by atoms with Gasteiger partial charge in [-0.15, -0.1) is 11.8 Å². The highest BCUT2D eigenvalue weighted by molar-refractivity contribution is 7.99. The smallest absolute Gasteiger partial charge is 0.222 e. The van der Waals surface area contributed by atoms with E-state index in [0.29, 0.717) is 6.61 Å². The van der Waals surface area contributed by atoms with Gasteiger partial charge in [0.1, 0.15) is 17.2 Å². The lowest BCUT2D eigenvalue weighted by Crippen LogP contribution is -2.25. The topological polar surface area (TPSA) is 21.6 Å². The van der Waals surface area contributed by atoms with Crippen molar-refractivity contribution in [1.29, 1.82) is 0 Å². The van der Waals surface area contributed by atoms with Gasteiger partial charge in [-0.05, 0) is 24.3 Å². The van der Waals surface area contributed by atoms with Crippen LogP contribution in [0.4, 0.5) is 8.78 Å². The number of hydrogen-bond acceptors (Lipinski definition) is 3. The van der Waals surface area contributed by atoms with Gasteiger partial charge in [-0.2, -0.15) is 0 Å². The number of halogens is 2. The minimum absolute atomic E-state index is 0.00652. The number of rotatable bonds is 4. The van der Waals surface area contributed by atoms with Crippen molar-refractivity contribution in [2.75, 3.05) is 12.4 Å². The molecule has 2 aromatic carbocycles. The van der Waals surface area contributed by atoms with Crippen LogP contribution in [0.2, 0.25) is 0 Å². The van der Waals surface area contributed by atoms with Gasteiger partial charge in [-0.1, -0.05) is 24.3 Å². The van der Waals surface area contributed by atoms with Crippen LogP contribution in [-0.4, -0.2) is 24.3 Å². The van der Waals surface area contributed by atoms with Crippen LogP contribution >= 0.6 is 11.8 Å². The molecular formula is C17H15F2NOS. The second-order valence-corrected chi connectivity index (χ2v) is 6.04. The molecule has 1 unspecified atom stereocenters. The summed E-state index contributed by atoms with van der Waals surface area (Å²) in [5.74, 6) is -0.460. The summed E-state index contributed by atoms with van der Waals surface area (Å²) in [5, 5.41) is 0. The van der Waals surface area contributed by atoms with Crippen molar-refractivity contribution in [1.82, 2.24) is 0 Å². The van der Waals surface area contributed by atoms with E-state index in [4.69, 9.17) is 4.74 Å². The van der Waals surface area contributed by atoms with Crippen LogP contribution in [0.5, 0.6) is 0 Å². The summed E-state index contributed by atoms with van der Waals surface area (Å²) in [5.41, 5.74) is -0.170. The summed E-state index contributed by atoms with van der Waals surface area (Å²) < 4.78 is 33.0. The second kappa shape index (κ2) is 6.92. The zero-order valence-electron chi connectivity index (χ0n) is 11.8. The van der Waals surface area contributed by atoms with Crippen LogP contribution in [0, 0.1) is 11.6 Å². The molecule has 1 aliphatic rings. The molecule has 0 saturated carbocycles. The molecule has 0 bridgehead atoms. The van der Waals surface area contributed by atoms with Crippen LogP contribution in [0.1, 0.15) is 12.0 Å². The van der Waals surface area contributed by atoms with Crippen molar-refractivity contribution >= 4 is 17.7 Å². The first-order valence-electron chi connectivity index (χ1n) is 7.07. The van der Waals surface area contributed by atoms with Gasteiger partial charge in [-0.25, -0.2) is 13.8 Å². The highest BCUT2D eigenvalue weighted by Gasteiger charge is 2.22. The molecule has 0 radical (unpaired) electrons. The lowest BCUT2D eigenvalue weighted by Gasteiger charge is -2.21. The van der Waals surface area contributed by atoms with Gasteiger partial charge in [0, 0.05) is 17.1 Å². The Hall–Kier alpha value is -1.88. The molecule has 0 fully saturated rings. The van der Waals surface area contributed by atoms with E-state index < -0.39 is 11.6 Å². The predicted molar refractivity (Wildman–Crippen MR) is 84.4 cm³/mol. The molecule has 2 aromatic rings. The molecule has 0 spiro atoms. The van der Waals surface area contributed by atoms with Crippen molar-refractivity contribution in [2.45, 2.75) is 17.4 Å². The zero-order valence-corrected chi connectivity index (χ0v) is 12.7. The van der Waals surface area contributed by atoms with Gasteiger partial charge in [0.2, 0.25) is 5.90 Å². The maximum Gasteiger partial charge on any atom is 0.222 e. The van der Waals surface area contributed by atoms with Crippen LogP contribution in [0.15, 0.2) is 58.4 Å². The average molecular weight is 319 g/mol. The molecule has 1 heterocycles. The summed E-state index contributed by atoms with van der Waals surface area (Å²) in [7, 11) is 0. The summed E-state index contributed by atoms with van der Waals surface area (Å²) in [6.07, 6.45) is 0.749. The van der Waals surface area contributed by atoms with E-state index in [1.165, 1.54) is 18.2 Å². The molecule has 3 rings (SSSR count). The number of aliphatic imine (C=N–C) groups is 1. The monoisotopic (exact) mass is 319 g/mol. The minimum Gasteiger partial charge on any atom is -0.477 e. The number of thioether (sulfide) groups is 1. The quantitative estimate of drug-likeness (QED) is 0.784. The lowest BCUT2D eigenvalue weighted by atomic mass is 10.1. The Morgan fingerprint density at radius 3 is 2.50 bits per heavy atom. The Morgan fingerprint density at radius 2 is 1.77 bits per heavy atom. The first kappa shape index (κ1) is 15.0. The van der Waals surface area contributed by atoms with Gasteiger partial charge in [0.15, 0.2) is 0 Å². The maximum atomic E-state index is 13.8. The van der Waals surface area contributed by atoms with Gasteiger partial charge in [0.05, 0.1) is 12.6 Å². The van der Waals surface area contributed by atoms with E-state index in [2.05, 4.69) is 4.99 Å². The fourth-order valence-electron chi connectivity index (χ4n) is 2.23. The van der Waals surface area contributed by atoms with Gasteiger partial charge in [0.25, 0.3) is 0 Å². The Balaban J connectivity index is 1.75. The first-order valence-corrected chi connectivity index (χ1v) is 8.05. The number of nitrogens with zero attached hydrogens (tertiary/aromatic N) is 1. The molecule has 2 nitrogen and oxygen atoms in total. The van der Waals surface area contributed by atoms with Crippen LogP contribution in [0.3, 0.4) is 0 Å². The van der Waals surface area contributed by atoms with Crippen molar-refractivity contribution in [2.24, 2.45) is 4.99 Å². The van der Waals surface area contributed by atoms with Gasteiger partial charge in [-0.3, -0.25) is 0 Å². The van der Waals surface area contributed by atoms with Gasteiger partial charge >= 0.3 is 0 Å². The molecule has 0 N–H and O–H groups in total. The molecule has 5 heteroatoms. The number of ether oxygens (including phenoxy) is 1. The molecule has 0 aliphatic carbocycles. The molecule has 1 atom stereocenters. The molecule has 0 aromatic heterocycles. The molecule has 0 saturated heterocycles. The van der Waals surface area contributed by atoms with E-state index in [0.717, 1.165) is 17.1 Å². The molecular weight excluding hydrogens is 304 g/mol. The third-order valence-electron chi connectivity index (χ3n) is 3.35. The van der Waals surface area contributed by atoms with Crippen molar-refractivity contribution in [3.63, 3.8) is 0 Å². The fraction of sp³-hybridized carbons (Fsp3) is 0.235. The largest absolute Gasteiger partial charge is 0.477 e. The number of hydrogen-bond donors (Lipinski definition) is 0.